The first-order valence-corrected chi connectivity index (χ1v) is 13.1. The Bertz CT molecular complexity index is 1150. The molecule has 0 N–H and O–H groups in total. The maximum atomic E-state index is 15.0. The molecule has 0 nitrogen and oxygen atoms in total. The van der Waals surface area contributed by atoms with E-state index >= 15 is 4.39 Å². The highest BCUT2D eigenvalue weighted by molar-refractivity contribution is 5.85. The Hall–Kier alpha value is -2.85. The van der Waals surface area contributed by atoms with Crippen molar-refractivity contribution in [3.63, 3.8) is 0 Å². The third-order valence-corrected chi connectivity index (χ3v) is 7.46. The Kier molecular flexibility index (Phi) is 8.59. The van der Waals surface area contributed by atoms with Crippen molar-refractivity contribution >= 4 is 10.8 Å². The first-order valence-electron chi connectivity index (χ1n) is 13.1. The normalized spacial score (nSPS) is 17.8. The highest BCUT2D eigenvalue weighted by Crippen LogP contribution is 2.33. The van der Waals surface area contributed by atoms with Gasteiger partial charge in [0.1, 0.15) is 5.82 Å². The summed E-state index contributed by atoms with van der Waals surface area (Å²) in [5, 5.41) is 1.56. The Morgan fingerprint density at radius 1 is 0.853 bits per heavy atom. The lowest BCUT2D eigenvalue weighted by Crippen LogP contribution is -2.15. The minimum absolute atomic E-state index is 0.231. The van der Waals surface area contributed by atoms with Crippen LogP contribution in [0.1, 0.15) is 80.5 Å². The van der Waals surface area contributed by atoms with Crippen molar-refractivity contribution in [3.8, 4) is 11.8 Å². The van der Waals surface area contributed by atoms with E-state index in [4.69, 9.17) is 0 Å². The van der Waals surface area contributed by atoms with Crippen molar-refractivity contribution in [1.29, 1.82) is 0 Å². The summed E-state index contributed by atoms with van der Waals surface area (Å²) >= 11 is 0. The zero-order valence-electron chi connectivity index (χ0n) is 20.6. The molecule has 1 aliphatic carbocycles. The van der Waals surface area contributed by atoms with Crippen LogP contribution in [0.2, 0.25) is 0 Å². The first kappa shape index (κ1) is 24.3. The highest BCUT2D eigenvalue weighted by Gasteiger charge is 2.20. The van der Waals surface area contributed by atoms with E-state index in [-0.39, 0.29) is 5.82 Å². The number of halogens is 1. The predicted molar refractivity (Wildman–Crippen MR) is 144 cm³/mol. The number of rotatable bonds is 8. The van der Waals surface area contributed by atoms with Crippen LogP contribution in [0.3, 0.4) is 0 Å². The molecule has 1 heteroatoms. The van der Waals surface area contributed by atoms with Crippen LogP contribution < -0.4 is 0 Å². The lowest BCUT2D eigenvalue weighted by molar-refractivity contribution is 0.252. The van der Waals surface area contributed by atoms with Crippen LogP contribution in [0.25, 0.3) is 10.8 Å². The maximum absolute atomic E-state index is 15.0. The number of hydrogen-bond acceptors (Lipinski definition) is 0. The van der Waals surface area contributed by atoms with Crippen LogP contribution in [0.5, 0.6) is 0 Å². The van der Waals surface area contributed by atoms with Gasteiger partial charge in [-0.15, -0.1) is 6.58 Å². The van der Waals surface area contributed by atoms with Crippen LogP contribution in [0, 0.1) is 29.5 Å². The Balaban J connectivity index is 1.35. The molecule has 0 spiro atoms. The van der Waals surface area contributed by atoms with Gasteiger partial charge in [0.05, 0.1) is 5.56 Å². The molecule has 176 valence electrons. The monoisotopic (exact) mass is 452 g/mol. The SMILES string of the molecule is C=CCCc1ccc2c(F)c(C#Cc3ccc(CCC4CCC(CCC)CC4)cc3)ccc2c1. The Morgan fingerprint density at radius 2 is 1.56 bits per heavy atom. The van der Waals surface area contributed by atoms with Crippen LogP contribution >= 0.6 is 0 Å². The summed E-state index contributed by atoms with van der Waals surface area (Å²) in [5.41, 5.74) is 3.97. The van der Waals surface area contributed by atoms with Gasteiger partial charge in [-0.1, -0.05) is 99.8 Å². The maximum Gasteiger partial charge on any atom is 0.146 e. The molecular weight excluding hydrogens is 415 g/mol. The third kappa shape index (κ3) is 6.38. The van der Waals surface area contributed by atoms with Gasteiger partial charge in [-0.05, 0) is 72.2 Å². The zero-order valence-corrected chi connectivity index (χ0v) is 20.6. The molecular formula is C33H37F. The average molecular weight is 453 g/mol. The minimum Gasteiger partial charge on any atom is -0.205 e. The van der Waals surface area contributed by atoms with Gasteiger partial charge in [-0.25, -0.2) is 4.39 Å². The van der Waals surface area contributed by atoms with E-state index in [1.165, 1.54) is 56.1 Å². The molecule has 0 bridgehead atoms. The lowest BCUT2D eigenvalue weighted by Gasteiger charge is -2.28. The molecule has 0 aromatic heterocycles. The summed E-state index contributed by atoms with van der Waals surface area (Å²) in [6.07, 6.45) is 14.6. The van der Waals surface area contributed by atoms with Crippen molar-refractivity contribution < 1.29 is 4.39 Å². The van der Waals surface area contributed by atoms with Gasteiger partial charge in [-0.3, -0.25) is 0 Å². The molecule has 1 aliphatic rings. The molecule has 0 saturated heterocycles. The Labute approximate surface area is 205 Å². The van der Waals surface area contributed by atoms with Crippen molar-refractivity contribution in [2.24, 2.45) is 11.8 Å². The van der Waals surface area contributed by atoms with Gasteiger partial charge in [-0.2, -0.15) is 0 Å². The van der Waals surface area contributed by atoms with Gasteiger partial charge in [0.15, 0.2) is 0 Å². The number of allylic oxidation sites excluding steroid dienone is 1. The standard InChI is InChI=1S/C33H37F/c1-3-5-7-29-19-23-32-31(24-29)22-21-30(33(32)34)20-18-28-16-14-27(15-17-28)13-12-26-10-8-25(6-4-2)9-11-26/h3,14-17,19,21-26H,1,4-13H2,2H3. The summed E-state index contributed by atoms with van der Waals surface area (Å²) in [5.74, 6) is 7.84. The molecule has 0 unspecified atom stereocenters. The highest BCUT2D eigenvalue weighted by atomic mass is 19.1. The van der Waals surface area contributed by atoms with Crippen molar-refractivity contribution in [2.75, 3.05) is 0 Å². The van der Waals surface area contributed by atoms with Crippen molar-refractivity contribution in [1.82, 2.24) is 0 Å². The van der Waals surface area contributed by atoms with Gasteiger partial charge in [0.2, 0.25) is 0 Å². The predicted octanol–water partition coefficient (Wildman–Crippen LogP) is 9.04. The topological polar surface area (TPSA) is 0 Å². The number of fused-ring (bicyclic) bond motifs is 1. The second-order valence-electron chi connectivity index (χ2n) is 9.97. The smallest absolute Gasteiger partial charge is 0.146 e. The van der Waals surface area contributed by atoms with Crippen molar-refractivity contribution in [3.05, 3.63) is 95.3 Å². The molecule has 0 radical (unpaired) electrons. The summed E-state index contributed by atoms with van der Waals surface area (Å²) in [6.45, 7) is 6.08. The van der Waals surface area contributed by atoms with E-state index in [0.717, 1.165) is 42.0 Å². The van der Waals surface area contributed by atoms with Gasteiger partial charge >= 0.3 is 0 Å². The van der Waals surface area contributed by atoms with E-state index in [0.29, 0.717) is 10.9 Å². The largest absolute Gasteiger partial charge is 0.205 e. The van der Waals surface area contributed by atoms with E-state index in [1.54, 1.807) is 6.07 Å². The number of benzene rings is 3. The van der Waals surface area contributed by atoms with E-state index in [9.17, 15) is 0 Å². The Morgan fingerprint density at radius 3 is 2.26 bits per heavy atom. The average Bonchev–Trinajstić information content (AvgIpc) is 2.87. The van der Waals surface area contributed by atoms with Gasteiger partial charge < -0.3 is 0 Å². The molecule has 1 saturated carbocycles. The zero-order chi connectivity index (χ0) is 23.8. The molecule has 34 heavy (non-hydrogen) atoms. The number of aryl methyl sites for hydroxylation is 2. The number of hydrogen-bond donors (Lipinski definition) is 0. The van der Waals surface area contributed by atoms with Gasteiger partial charge in [0, 0.05) is 10.9 Å². The molecule has 0 amide bonds. The van der Waals surface area contributed by atoms with Crippen LogP contribution in [0.4, 0.5) is 4.39 Å². The molecule has 0 aliphatic heterocycles. The summed E-state index contributed by atoms with van der Waals surface area (Å²) in [6, 6.07) is 18.2. The van der Waals surface area contributed by atoms with E-state index < -0.39 is 0 Å². The molecule has 1 fully saturated rings. The second kappa shape index (κ2) is 12.0. The molecule has 0 heterocycles. The van der Waals surface area contributed by atoms with Gasteiger partial charge in [0.25, 0.3) is 0 Å². The molecule has 4 rings (SSSR count). The fraction of sp³-hybridized carbons (Fsp3) is 0.394. The first-order chi connectivity index (χ1) is 16.7. The minimum atomic E-state index is -0.231. The van der Waals surface area contributed by atoms with Crippen molar-refractivity contribution in [2.45, 2.75) is 71.1 Å². The molecule has 3 aromatic carbocycles. The summed E-state index contributed by atoms with van der Waals surface area (Å²) < 4.78 is 15.0. The second-order valence-corrected chi connectivity index (χ2v) is 9.97. The molecule has 3 aromatic rings. The van der Waals surface area contributed by atoms with Crippen LogP contribution in [0.15, 0.2) is 67.3 Å². The third-order valence-electron chi connectivity index (χ3n) is 7.46. The van der Waals surface area contributed by atoms with E-state index in [1.807, 2.05) is 24.3 Å². The van der Waals surface area contributed by atoms with Crippen LogP contribution in [-0.2, 0) is 12.8 Å². The quantitative estimate of drug-likeness (QED) is 0.236. The summed E-state index contributed by atoms with van der Waals surface area (Å²) in [4.78, 5) is 0. The van der Waals surface area contributed by atoms with E-state index in [2.05, 4.69) is 55.7 Å². The fourth-order valence-corrected chi connectivity index (χ4v) is 5.34. The fourth-order valence-electron chi connectivity index (χ4n) is 5.34. The lowest BCUT2D eigenvalue weighted by atomic mass is 9.78. The summed E-state index contributed by atoms with van der Waals surface area (Å²) in [7, 11) is 0. The molecule has 0 atom stereocenters. The van der Waals surface area contributed by atoms with Crippen LogP contribution in [-0.4, -0.2) is 0 Å².